The second kappa shape index (κ2) is 6.40. The van der Waals surface area contributed by atoms with E-state index in [0.29, 0.717) is 11.6 Å². The highest BCUT2D eigenvalue weighted by Gasteiger charge is 2.15. The van der Waals surface area contributed by atoms with Crippen LogP contribution in [0.5, 0.6) is 0 Å². The molecule has 1 aromatic heterocycles. The molecule has 0 saturated heterocycles. The predicted molar refractivity (Wildman–Crippen MR) is 71.6 cm³/mol. The number of halogens is 3. The average Bonchev–Trinajstić information content (AvgIpc) is 3.00. The van der Waals surface area contributed by atoms with Crippen molar-refractivity contribution >= 4 is 28.8 Å². The van der Waals surface area contributed by atoms with Gasteiger partial charge in [-0.1, -0.05) is 0 Å². The van der Waals surface area contributed by atoms with E-state index < -0.39 is 41.5 Å². The van der Waals surface area contributed by atoms with Gasteiger partial charge in [0.15, 0.2) is 17.5 Å². The molecule has 8 heteroatoms. The van der Waals surface area contributed by atoms with Crippen LogP contribution in [0.15, 0.2) is 29.0 Å². The zero-order valence-electron chi connectivity index (χ0n) is 10.5. The molecule has 0 unspecified atom stereocenters. The van der Waals surface area contributed by atoms with Gasteiger partial charge < -0.3 is 10.6 Å². The lowest BCUT2D eigenvalue weighted by Gasteiger charge is -2.08. The van der Waals surface area contributed by atoms with Crippen molar-refractivity contribution < 1.29 is 22.8 Å². The third-order valence-corrected chi connectivity index (χ3v) is 3.19. The molecule has 0 fully saturated rings. The van der Waals surface area contributed by atoms with Crippen LogP contribution < -0.4 is 10.6 Å². The van der Waals surface area contributed by atoms with Gasteiger partial charge in [0.1, 0.15) is 0 Å². The summed E-state index contributed by atoms with van der Waals surface area (Å²) >= 11 is 1.32. The normalized spacial score (nSPS) is 10.2. The van der Waals surface area contributed by atoms with Crippen molar-refractivity contribution in [3.05, 3.63) is 52.0 Å². The molecule has 110 valence electrons. The Balaban J connectivity index is 1.93. The molecule has 0 aliphatic carbocycles. The van der Waals surface area contributed by atoms with Gasteiger partial charge in [-0.05, 0) is 23.6 Å². The fourth-order valence-electron chi connectivity index (χ4n) is 1.47. The van der Waals surface area contributed by atoms with E-state index in [1.54, 1.807) is 16.8 Å². The fraction of sp³-hybridized carbons (Fsp3) is 0.0769. The van der Waals surface area contributed by atoms with Crippen molar-refractivity contribution in [2.24, 2.45) is 0 Å². The number of amides is 2. The lowest BCUT2D eigenvalue weighted by atomic mass is 10.2. The average molecular weight is 314 g/mol. The first-order valence-electron chi connectivity index (χ1n) is 5.73. The van der Waals surface area contributed by atoms with Crippen molar-refractivity contribution in [1.29, 1.82) is 0 Å². The molecule has 0 aliphatic rings. The summed E-state index contributed by atoms with van der Waals surface area (Å²) in [7, 11) is 0. The maximum absolute atomic E-state index is 13.3. The molecule has 1 heterocycles. The molecule has 0 bridgehead atoms. The van der Waals surface area contributed by atoms with Crippen molar-refractivity contribution in [3.63, 3.8) is 0 Å². The highest BCUT2D eigenvalue weighted by atomic mass is 32.1. The largest absolute Gasteiger partial charge is 0.343 e. The molecular formula is C13H9F3N2O2S. The summed E-state index contributed by atoms with van der Waals surface area (Å²) in [6.45, 7) is -0.423. The van der Waals surface area contributed by atoms with Gasteiger partial charge in [0.25, 0.3) is 5.91 Å². The smallest absolute Gasteiger partial charge is 0.252 e. The first kappa shape index (κ1) is 15.0. The number of hydrogen-bond donors (Lipinski definition) is 2. The molecule has 0 atom stereocenters. The SMILES string of the molecule is O=C(CNC(=O)c1ccsc1)Nc1ccc(F)c(F)c1F. The van der Waals surface area contributed by atoms with E-state index in [4.69, 9.17) is 0 Å². The van der Waals surface area contributed by atoms with E-state index in [1.807, 2.05) is 5.32 Å². The highest BCUT2D eigenvalue weighted by molar-refractivity contribution is 7.08. The Morgan fingerprint density at radius 2 is 1.86 bits per heavy atom. The summed E-state index contributed by atoms with van der Waals surface area (Å²) in [5, 5.41) is 7.66. The van der Waals surface area contributed by atoms with E-state index >= 15 is 0 Å². The first-order chi connectivity index (χ1) is 9.99. The van der Waals surface area contributed by atoms with Crippen molar-refractivity contribution in [2.75, 3.05) is 11.9 Å². The summed E-state index contributed by atoms with van der Waals surface area (Å²) in [6, 6.07) is 3.16. The molecule has 1 aromatic carbocycles. The number of carbonyl (C=O) groups is 2. The molecule has 4 nitrogen and oxygen atoms in total. The minimum Gasteiger partial charge on any atom is -0.343 e. The molecule has 0 spiro atoms. The van der Waals surface area contributed by atoms with Gasteiger partial charge in [-0.15, -0.1) is 0 Å². The molecule has 2 aromatic rings. The van der Waals surface area contributed by atoms with Crippen LogP contribution >= 0.6 is 11.3 Å². The number of thiophene rings is 1. The van der Waals surface area contributed by atoms with Gasteiger partial charge in [-0.2, -0.15) is 11.3 Å². The van der Waals surface area contributed by atoms with Crippen LogP contribution in [-0.2, 0) is 4.79 Å². The standard InChI is InChI=1S/C13H9F3N2O2S/c14-8-1-2-9(12(16)11(8)15)18-10(19)5-17-13(20)7-3-4-21-6-7/h1-4,6H,5H2,(H,17,20)(H,18,19). The summed E-state index contributed by atoms with van der Waals surface area (Å²) < 4.78 is 39.0. The summed E-state index contributed by atoms with van der Waals surface area (Å²) in [5.41, 5.74) is -0.101. The third kappa shape index (κ3) is 3.60. The number of anilines is 1. The number of carbonyl (C=O) groups excluding carboxylic acids is 2. The van der Waals surface area contributed by atoms with E-state index in [0.717, 1.165) is 6.07 Å². The Kier molecular flexibility index (Phi) is 4.59. The van der Waals surface area contributed by atoms with Gasteiger partial charge in [0.2, 0.25) is 5.91 Å². The molecule has 2 N–H and O–H groups in total. The summed E-state index contributed by atoms with van der Waals surface area (Å²) in [4.78, 5) is 23.1. The first-order valence-corrected chi connectivity index (χ1v) is 6.67. The van der Waals surface area contributed by atoms with Gasteiger partial charge >= 0.3 is 0 Å². The van der Waals surface area contributed by atoms with E-state index in [-0.39, 0.29) is 0 Å². The Morgan fingerprint density at radius 3 is 2.52 bits per heavy atom. The lowest BCUT2D eigenvalue weighted by Crippen LogP contribution is -2.32. The van der Waals surface area contributed by atoms with Gasteiger partial charge in [-0.25, -0.2) is 13.2 Å². The van der Waals surface area contributed by atoms with Gasteiger partial charge in [0.05, 0.1) is 12.2 Å². The monoisotopic (exact) mass is 314 g/mol. The van der Waals surface area contributed by atoms with Crippen LogP contribution in [0.4, 0.5) is 18.9 Å². The number of hydrogen-bond acceptors (Lipinski definition) is 3. The Labute approximate surface area is 121 Å². The fourth-order valence-corrected chi connectivity index (χ4v) is 2.11. The predicted octanol–water partition coefficient (Wildman–Crippen LogP) is 2.53. The van der Waals surface area contributed by atoms with Gasteiger partial charge in [-0.3, -0.25) is 9.59 Å². The van der Waals surface area contributed by atoms with Crippen LogP contribution in [-0.4, -0.2) is 18.4 Å². The maximum atomic E-state index is 13.3. The highest BCUT2D eigenvalue weighted by Crippen LogP contribution is 2.19. The van der Waals surface area contributed by atoms with Crippen molar-refractivity contribution in [2.45, 2.75) is 0 Å². The van der Waals surface area contributed by atoms with E-state index in [2.05, 4.69) is 5.32 Å². The zero-order chi connectivity index (χ0) is 15.4. The lowest BCUT2D eigenvalue weighted by molar-refractivity contribution is -0.115. The minimum absolute atomic E-state index is 0.395. The van der Waals surface area contributed by atoms with E-state index in [9.17, 15) is 22.8 Å². The van der Waals surface area contributed by atoms with Crippen LogP contribution in [0.2, 0.25) is 0 Å². The van der Waals surface area contributed by atoms with Gasteiger partial charge in [0, 0.05) is 10.9 Å². The van der Waals surface area contributed by atoms with Crippen molar-refractivity contribution in [1.82, 2.24) is 5.32 Å². The van der Waals surface area contributed by atoms with Crippen LogP contribution in [0.25, 0.3) is 0 Å². The third-order valence-electron chi connectivity index (χ3n) is 2.50. The molecular weight excluding hydrogens is 305 g/mol. The summed E-state index contributed by atoms with van der Waals surface area (Å²) in [6.07, 6.45) is 0. The quantitative estimate of drug-likeness (QED) is 0.852. The molecule has 2 amide bonds. The molecule has 0 aliphatic heterocycles. The number of rotatable bonds is 4. The summed E-state index contributed by atoms with van der Waals surface area (Å²) in [5.74, 6) is -5.74. The second-order valence-electron chi connectivity index (χ2n) is 3.97. The van der Waals surface area contributed by atoms with Crippen LogP contribution in [0.3, 0.4) is 0 Å². The molecule has 2 rings (SSSR count). The zero-order valence-corrected chi connectivity index (χ0v) is 11.3. The minimum atomic E-state index is -1.67. The molecule has 0 saturated carbocycles. The van der Waals surface area contributed by atoms with E-state index in [1.165, 1.54) is 11.3 Å². The second-order valence-corrected chi connectivity index (χ2v) is 4.75. The van der Waals surface area contributed by atoms with Crippen LogP contribution in [0, 0.1) is 17.5 Å². The Morgan fingerprint density at radius 1 is 1.10 bits per heavy atom. The molecule has 21 heavy (non-hydrogen) atoms. The number of nitrogens with one attached hydrogen (secondary N) is 2. The topological polar surface area (TPSA) is 58.2 Å². The number of benzene rings is 1. The molecule has 0 radical (unpaired) electrons. The van der Waals surface area contributed by atoms with Crippen LogP contribution in [0.1, 0.15) is 10.4 Å². The maximum Gasteiger partial charge on any atom is 0.252 e. The Hall–Kier alpha value is -2.35. The van der Waals surface area contributed by atoms with Crippen molar-refractivity contribution in [3.8, 4) is 0 Å². The Bertz CT molecular complexity index is 674.